The minimum absolute atomic E-state index is 0.00881. The number of carbonyl (C=O) groups is 1. The minimum Gasteiger partial charge on any atom is -0.354 e. The molecule has 0 unspecified atom stereocenters. The van der Waals surface area contributed by atoms with E-state index in [0.29, 0.717) is 6.54 Å². The Bertz CT molecular complexity index is 604. The van der Waals surface area contributed by atoms with E-state index in [1.165, 1.54) is 11.9 Å². The monoisotopic (exact) mass is 331 g/mol. The Morgan fingerprint density at radius 1 is 1.39 bits per heavy atom. The maximum absolute atomic E-state index is 12.4. The molecule has 1 aromatic heterocycles. The van der Waals surface area contributed by atoms with Gasteiger partial charge in [-0.15, -0.1) is 0 Å². The Balaban J connectivity index is 1.44. The molecular weight excluding hydrogens is 310 g/mol. The first-order valence-corrected chi connectivity index (χ1v) is 8.85. The van der Waals surface area contributed by atoms with Gasteiger partial charge in [0.25, 0.3) is 0 Å². The van der Waals surface area contributed by atoms with E-state index in [4.69, 9.17) is 0 Å². The molecule has 0 saturated carbocycles. The van der Waals surface area contributed by atoms with Crippen molar-refractivity contribution in [3.8, 4) is 0 Å². The molecule has 1 amide bonds. The molecule has 0 bridgehead atoms. The summed E-state index contributed by atoms with van der Waals surface area (Å²) in [4.78, 5) is 18.7. The topological polar surface area (TPSA) is 73.9 Å². The van der Waals surface area contributed by atoms with Gasteiger partial charge in [0.1, 0.15) is 6.33 Å². The first kappa shape index (κ1) is 16.0. The lowest BCUT2D eigenvalue weighted by molar-refractivity contribution is -0.125. The Morgan fingerprint density at radius 3 is 3.04 bits per heavy atom. The molecule has 1 atom stereocenters. The van der Waals surface area contributed by atoms with E-state index in [1.807, 2.05) is 18.2 Å². The zero-order valence-electron chi connectivity index (χ0n) is 12.9. The number of aromatic amines is 1. The summed E-state index contributed by atoms with van der Waals surface area (Å²) >= 11 is 1.56. The largest absolute Gasteiger partial charge is 0.354 e. The van der Waals surface area contributed by atoms with E-state index < -0.39 is 0 Å². The molecule has 1 saturated heterocycles. The van der Waals surface area contributed by atoms with E-state index in [-0.39, 0.29) is 11.9 Å². The van der Waals surface area contributed by atoms with Crippen molar-refractivity contribution in [1.29, 1.82) is 0 Å². The minimum atomic E-state index is -0.00881. The quantitative estimate of drug-likeness (QED) is 0.596. The molecule has 1 aromatic carbocycles. The van der Waals surface area contributed by atoms with Crippen molar-refractivity contribution >= 4 is 17.7 Å². The van der Waals surface area contributed by atoms with Gasteiger partial charge < -0.3 is 5.32 Å². The van der Waals surface area contributed by atoms with E-state index in [2.05, 4.69) is 37.5 Å². The van der Waals surface area contributed by atoms with Gasteiger partial charge in [-0.05, 0) is 24.9 Å². The Labute approximate surface area is 140 Å². The molecule has 6 nitrogen and oxygen atoms in total. The predicted octanol–water partition coefficient (Wildman–Crippen LogP) is 1.68. The Kier molecular flexibility index (Phi) is 5.65. The third-order valence-electron chi connectivity index (χ3n) is 3.93. The number of hydrogen-bond donors (Lipinski definition) is 2. The van der Waals surface area contributed by atoms with Crippen LogP contribution >= 0.6 is 11.8 Å². The molecule has 23 heavy (non-hydrogen) atoms. The highest BCUT2D eigenvalue weighted by atomic mass is 32.2. The van der Waals surface area contributed by atoms with Crippen molar-refractivity contribution in [2.45, 2.75) is 30.6 Å². The number of aromatic nitrogens is 3. The molecule has 1 aliphatic heterocycles. The summed E-state index contributed by atoms with van der Waals surface area (Å²) in [6.45, 7) is 2.46. The lowest BCUT2D eigenvalue weighted by atomic mass is 10.1. The van der Waals surface area contributed by atoms with Crippen molar-refractivity contribution in [2.75, 3.05) is 18.8 Å². The number of likely N-dealkylation sites (tertiary alicyclic amines) is 1. The van der Waals surface area contributed by atoms with Crippen LogP contribution < -0.4 is 5.32 Å². The summed E-state index contributed by atoms with van der Waals surface area (Å²) in [6.07, 6.45) is 3.51. The molecule has 0 spiro atoms. The van der Waals surface area contributed by atoms with Gasteiger partial charge in [-0.3, -0.25) is 14.8 Å². The fraction of sp³-hybridized carbons (Fsp3) is 0.438. The summed E-state index contributed by atoms with van der Waals surface area (Å²) in [5, 5.41) is 10.4. The highest BCUT2D eigenvalue weighted by molar-refractivity contribution is 7.99. The fourth-order valence-corrected chi connectivity index (χ4v) is 3.47. The summed E-state index contributed by atoms with van der Waals surface area (Å²) < 4.78 is 0. The molecule has 0 radical (unpaired) electrons. The third-order valence-corrected chi connectivity index (χ3v) is 4.81. The number of nitrogens with zero attached hydrogens (tertiary/aromatic N) is 3. The number of hydrogen-bond acceptors (Lipinski definition) is 5. The second-order valence-electron chi connectivity index (χ2n) is 5.54. The first-order chi connectivity index (χ1) is 11.3. The number of nitrogens with one attached hydrogen (secondary N) is 2. The average Bonchev–Trinajstić information content (AvgIpc) is 3.24. The van der Waals surface area contributed by atoms with Gasteiger partial charge in [0, 0.05) is 18.8 Å². The van der Waals surface area contributed by atoms with Crippen molar-refractivity contribution in [3.05, 3.63) is 42.2 Å². The van der Waals surface area contributed by atoms with Crippen LogP contribution in [0.5, 0.6) is 0 Å². The molecule has 2 aromatic rings. The van der Waals surface area contributed by atoms with Crippen LogP contribution in [0.4, 0.5) is 0 Å². The van der Waals surface area contributed by atoms with Gasteiger partial charge in [-0.1, -0.05) is 42.1 Å². The number of rotatable bonds is 7. The second-order valence-corrected chi connectivity index (χ2v) is 6.63. The van der Waals surface area contributed by atoms with Gasteiger partial charge in [-0.25, -0.2) is 4.98 Å². The summed E-state index contributed by atoms with van der Waals surface area (Å²) in [5.41, 5.74) is 1.26. The van der Waals surface area contributed by atoms with Gasteiger partial charge in [0.2, 0.25) is 5.91 Å². The maximum Gasteiger partial charge on any atom is 0.237 e. The SMILES string of the molecule is O=C(NCCSc1ncn[nH]1)[C@@H]1CCCN1Cc1ccccc1. The van der Waals surface area contributed by atoms with Crippen LogP contribution in [0.15, 0.2) is 41.8 Å². The summed E-state index contributed by atoms with van der Waals surface area (Å²) in [6, 6.07) is 10.3. The van der Waals surface area contributed by atoms with Gasteiger partial charge in [-0.2, -0.15) is 5.10 Å². The van der Waals surface area contributed by atoms with Gasteiger partial charge in [0.05, 0.1) is 6.04 Å². The Hall–Kier alpha value is -1.86. The van der Waals surface area contributed by atoms with Crippen LogP contribution in [0.2, 0.25) is 0 Å². The molecule has 122 valence electrons. The van der Waals surface area contributed by atoms with Crippen LogP contribution in [-0.4, -0.2) is 50.9 Å². The summed E-state index contributed by atoms with van der Waals surface area (Å²) in [5.74, 6) is 0.920. The smallest absolute Gasteiger partial charge is 0.237 e. The molecular formula is C16H21N5OS. The van der Waals surface area contributed by atoms with E-state index in [0.717, 1.165) is 36.8 Å². The van der Waals surface area contributed by atoms with Crippen molar-refractivity contribution < 1.29 is 4.79 Å². The average molecular weight is 331 g/mol. The zero-order chi connectivity index (χ0) is 15.9. The van der Waals surface area contributed by atoms with E-state index >= 15 is 0 Å². The molecule has 1 aliphatic rings. The number of carbonyl (C=O) groups excluding carboxylic acids is 1. The number of benzene rings is 1. The van der Waals surface area contributed by atoms with Gasteiger partial charge >= 0.3 is 0 Å². The van der Waals surface area contributed by atoms with E-state index in [9.17, 15) is 4.79 Å². The lowest BCUT2D eigenvalue weighted by Gasteiger charge is -2.23. The molecule has 1 fully saturated rings. The van der Waals surface area contributed by atoms with Crippen LogP contribution in [0.1, 0.15) is 18.4 Å². The van der Waals surface area contributed by atoms with Gasteiger partial charge in [0.15, 0.2) is 5.16 Å². The van der Waals surface area contributed by atoms with Crippen molar-refractivity contribution in [1.82, 2.24) is 25.4 Å². The normalized spacial score (nSPS) is 18.2. The fourth-order valence-electron chi connectivity index (χ4n) is 2.83. The lowest BCUT2D eigenvalue weighted by Crippen LogP contribution is -2.43. The maximum atomic E-state index is 12.4. The van der Waals surface area contributed by atoms with Crippen LogP contribution in [-0.2, 0) is 11.3 Å². The number of H-pyrrole nitrogens is 1. The molecule has 7 heteroatoms. The number of thioether (sulfide) groups is 1. The molecule has 2 heterocycles. The predicted molar refractivity (Wildman–Crippen MR) is 90.0 cm³/mol. The van der Waals surface area contributed by atoms with Crippen molar-refractivity contribution in [2.24, 2.45) is 0 Å². The first-order valence-electron chi connectivity index (χ1n) is 7.87. The third kappa shape index (κ3) is 4.56. The molecule has 2 N–H and O–H groups in total. The zero-order valence-corrected chi connectivity index (χ0v) is 13.8. The second kappa shape index (κ2) is 8.12. The van der Waals surface area contributed by atoms with Crippen molar-refractivity contribution in [3.63, 3.8) is 0 Å². The van der Waals surface area contributed by atoms with Crippen LogP contribution in [0.25, 0.3) is 0 Å². The van der Waals surface area contributed by atoms with Crippen LogP contribution in [0.3, 0.4) is 0 Å². The Morgan fingerprint density at radius 2 is 2.26 bits per heavy atom. The molecule has 0 aliphatic carbocycles. The molecule has 3 rings (SSSR count). The van der Waals surface area contributed by atoms with Crippen LogP contribution in [0, 0.1) is 0 Å². The summed E-state index contributed by atoms with van der Waals surface area (Å²) in [7, 11) is 0. The highest BCUT2D eigenvalue weighted by Crippen LogP contribution is 2.20. The standard InChI is InChI=1S/C16H21N5OS/c22-15(17-8-10-23-16-18-12-19-20-16)14-7-4-9-21(14)11-13-5-2-1-3-6-13/h1-3,5-6,12,14H,4,7-11H2,(H,17,22)(H,18,19,20)/t14-/m0/s1. The number of amides is 1. The highest BCUT2D eigenvalue weighted by Gasteiger charge is 2.30. The van der Waals surface area contributed by atoms with E-state index in [1.54, 1.807) is 11.8 Å².